The van der Waals surface area contributed by atoms with Gasteiger partial charge in [-0.15, -0.1) is 11.3 Å². The molecule has 0 radical (unpaired) electrons. The molecule has 2 aliphatic heterocycles. The SMILES string of the molecule is COc1nc2c(cc1Nc1ncnc3sc4c(c13)CC[C@H](C(=O)N1CCC1)C4)C=NC2. The van der Waals surface area contributed by atoms with Crippen LogP contribution < -0.4 is 10.1 Å². The summed E-state index contributed by atoms with van der Waals surface area (Å²) >= 11 is 1.68. The van der Waals surface area contributed by atoms with Gasteiger partial charge < -0.3 is 15.0 Å². The molecule has 1 atom stereocenters. The topological polar surface area (TPSA) is 92.6 Å². The summed E-state index contributed by atoms with van der Waals surface area (Å²) in [5.41, 5.74) is 3.94. The van der Waals surface area contributed by atoms with Gasteiger partial charge >= 0.3 is 0 Å². The first-order chi connectivity index (χ1) is 15.2. The van der Waals surface area contributed by atoms with E-state index in [1.54, 1.807) is 24.8 Å². The molecule has 0 saturated carbocycles. The van der Waals surface area contributed by atoms with E-state index in [-0.39, 0.29) is 5.92 Å². The Kier molecular flexibility index (Phi) is 4.38. The van der Waals surface area contributed by atoms with E-state index in [9.17, 15) is 4.79 Å². The fourth-order valence-electron chi connectivity index (χ4n) is 4.60. The van der Waals surface area contributed by atoms with Crippen LogP contribution in [-0.4, -0.2) is 52.2 Å². The van der Waals surface area contributed by atoms with E-state index in [0.29, 0.717) is 18.3 Å². The lowest BCUT2D eigenvalue weighted by molar-refractivity contribution is -0.139. The first-order valence-corrected chi connectivity index (χ1v) is 11.4. The number of anilines is 2. The van der Waals surface area contributed by atoms with Crippen LogP contribution in [0.4, 0.5) is 11.5 Å². The molecule has 158 valence electrons. The third-order valence-electron chi connectivity index (χ3n) is 6.38. The quantitative estimate of drug-likeness (QED) is 0.678. The zero-order valence-corrected chi connectivity index (χ0v) is 18.0. The Morgan fingerprint density at radius 2 is 2.23 bits per heavy atom. The summed E-state index contributed by atoms with van der Waals surface area (Å²) in [6.45, 7) is 2.41. The molecule has 1 N–H and O–H groups in total. The number of ether oxygens (including phenoxy) is 1. The second kappa shape index (κ2) is 7.26. The number of aryl methyl sites for hydroxylation is 1. The van der Waals surface area contributed by atoms with E-state index in [2.05, 4.69) is 25.3 Å². The number of nitrogens with one attached hydrogen (secondary N) is 1. The minimum Gasteiger partial charge on any atom is -0.480 e. The number of aromatic nitrogens is 3. The van der Waals surface area contributed by atoms with E-state index in [1.165, 1.54) is 10.4 Å². The third-order valence-corrected chi connectivity index (χ3v) is 7.54. The molecule has 3 aliphatic rings. The molecule has 1 aliphatic carbocycles. The van der Waals surface area contributed by atoms with E-state index in [4.69, 9.17) is 4.74 Å². The van der Waals surface area contributed by atoms with Crippen LogP contribution in [0.5, 0.6) is 5.88 Å². The number of hydrogen-bond donors (Lipinski definition) is 1. The Balaban J connectivity index is 1.35. The van der Waals surface area contributed by atoms with Crippen LogP contribution in [0, 0.1) is 5.92 Å². The van der Waals surface area contributed by atoms with Gasteiger partial charge in [-0.1, -0.05) is 0 Å². The molecule has 1 saturated heterocycles. The van der Waals surface area contributed by atoms with Gasteiger partial charge in [0.2, 0.25) is 11.8 Å². The first-order valence-electron chi connectivity index (χ1n) is 10.6. The van der Waals surface area contributed by atoms with Crippen molar-refractivity contribution in [3.05, 3.63) is 34.1 Å². The number of aliphatic imine (C=N–C) groups is 1. The highest BCUT2D eigenvalue weighted by atomic mass is 32.1. The molecular weight excluding hydrogens is 412 g/mol. The molecule has 3 aromatic heterocycles. The molecule has 0 bridgehead atoms. The molecule has 1 amide bonds. The third kappa shape index (κ3) is 3.06. The Morgan fingerprint density at radius 1 is 1.32 bits per heavy atom. The van der Waals surface area contributed by atoms with Crippen LogP contribution in [0.2, 0.25) is 0 Å². The number of hydrogen-bond acceptors (Lipinski definition) is 8. The number of nitrogens with zero attached hydrogens (tertiary/aromatic N) is 5. The zero-order valence-electron chi connectivity index (χ0n) is 17.2. The maximum Gasteiger partial charge on any atom is 0.237 e. The van der Waals surface area contributed by atoms with Crippen molar-refractivity contribution in [2.45, 2.75) is 32.2 Å². The highest BCUT2D eigenvalue weighted by Crippen LogP contribution is 2.41. The van der Waals surface area contributed by atoms with Gasteiger partial charge in [-0.2, -0.15) is 0 Å². The summed E-state index contributed by atoms with van der Waals surface area (Å²) in [7, 11) is 1.62. The van der Waals surface area contributed by atoms with E-state index >= 15 is 0 Å². The van der Waals surface area contributed by atoms with Gasteiger partial charge in [-0.3, -0.25) is 9.79 Å². The van der Waals surface area contributed by atoms with Crippen LogP contribution in [-0.2, 0) is 24.2 Å². The number of fused-ring (bicyclic) bond motifs is 4. The smallest absolute Gasteiger partial charge is 0.237 e. The fraction of sp³-hybridized carbons (Fsp3) is 0.409. The molecule has 6 rings (SSSR count). The van der Waals surface area contributed by atoms with Crippen molar-refractivity contribution in [1.29, 1.82) is 0 Å². The number of methoxy groups -OCH3 is 1. The Bertz CT molecular complexity index is 1230. The number of carbonyl (C=O) groups is 1. The number of rotatable bonds is 4. The zero-order chi connectivity index (χ0) is 20.9. The molecular formula is C22H22N6O2S. The highest BCUT2D eigenvalue weighted by molar-refractivity contribution is 7.19. The number of thiophene rings is 1. The van der Waals surface area contributed by atoms with Crippen LogP contribution in [0.15, 0.2) is 17.4 Å². The summed E-state index contributed by atoms with van der Waals surface area (Å²) < 4.78 is 5.52. The van der Waals surface area contributed by atoms with Crippen molar-refractivity contribution in [1.82, 2.24) is 19.9 Å². The molecule has 3 aromatic rings. The van der Waals surface area contributed by atoms with Crippen LogP contribution in [0.1, 0.15) is 34.5 Å². The van der Waals surface area contributed by atoms with Gasteiger partial charge in [0.05, 0.1) is 24.7 Å². The van der Waals surface area contributed by atoms with Gasteiger partial charge in [0, 0.05) is 35.7 Å². The second-order valence-corrected chi connectivity index (χ2v) is 9.28. The van der Waals surface area contributed by atoms with E-state index < -0.39 is 0 Å². The summed E-state index contributed by atoms with van der Waals surface area (Å²) in [5.74, 6) is 1.69. The van der Waals surface area contributed by atoms with E-state index in [0.717, 1.165) is 71.8 Å². The molecule has 0 unspecified atom stereocenters. The van der Waals surface area contributed by atoms with Gasteiger partial charge in [0.15, 0.2) is 0 Å². The van der Waals surface area contributed by atoms with Gasteiger partial charge in [0.1, 0.15) is 22.7 Å². The Labute approximate surface area is 183 Å². The average molecular weight is 435 g/mol. The Morgan fingerprint density at radius 3 is 3.03 bits per heavy atom. The van der Waals surface area contributed by atoms with E-state index in [1.807, 2.05) is 17.2 Å². The minimum absolute atomic E-state index is 0.0884. The molecule has 0 aromatic carbocycles. The van der Waals surface area contributed by atoms with Crippen molar-refractivity contribution in [2.24, 2.45) is 10.9 Å². The van der Waals surface area contributed by atoms with Crippen molar-refractivity contribution in [2.75, 3.05) is 25.5 Å². The molecule has 5 heterocycles. The number of carbonyl (C=O) groups excluding carboxylic acids is 1. The first kappa shape index (κ1) is 18.7. The largest absolute Gasteiger partial charge is 0.480 e. The van der Waals surface area contributed by atoms with Gasteiger partial charge in [-0.05, 0) is 37.3 Å². The summed E-state index contributed by atoms with van der Waals surface area (Å²) in [6.07, 6.45) is 7.10. The van der Waals surface area contributed by atoms with Gasteiger partial charge in [0.25, 0.3) is 0 Å². The summed E-state index contributed by atoms with van der Waals surface area (Å²) in [4.78, 5) is 34.9. The number of pyridine rings is 1. The van der Waals surface area contributed by atoms with Crippen molar-refractivity contribution in [3.8, 4) is 5.88 Å². The van der Waals surface area contributed by atoms with Crippen LogP contribution >= 0.6 is 11.3 Å². The summed E-state index contributed by atoms with van der Waals surface area (Å²) in [5, 5.41) is 4.48. The number of amides is 1. The second-order valence-electron chi connectivity index (χ2n) is 8.20. The molecule has 31 heavy (non-hydrogen) atoms. The number of likely N-dealkylation sites (tertiary alicyclic amines) is 1. The maximum absolute atomic E-state index is 12.7. The lowest BCUT2D eigenvalue weighted by Gasteiger charge is -2.35. The monoisotopic (exact) mass is 434 g/mol. The minimum atomic E-state index is 0.0884. The standard InChI is InChI=1S/C22H22N6O2S/c1-30-20-15(7-13-9-23-10-16(13)27-20)26-19-18-14-4-3-12(22(29)28-5-2-6-28)8-17(14)31-21(18)25-11-24-19/h7,9,11-12H,2-6,8,10H2,1H3,(H,24,25,26)/t12-/m0/s1. The summed E-state index contributed by atoms with van der Waals surface area (Å²) in [6, 6.07) is 2.01. The van der Waals surface area contributed by atoms with Gasteiger partial charge in [-0.25, -0.2) is 15.0 Å². The predicted octanol–water partition coefficient (Wildman–Crippen LogP) is 3.11. The maximum atomic E-state index is 12.7. The van der Waals surface area contributed by atoms with Crippen molar-refractivity contribution in [3.63, 3.8) is 0 Å². The molecule has 9 heteroatoms. The molecule has 1 fully saturated rings. The lowest BCUT2D eigenvalue weighted by Crippen LogP contribution is -2.46. The van der Waals surface area contributed by atoms with Crippen molar-refractivity contribution >= 4 is 45.2 Å². The van der Waals surface area contributed by atoms with Crippen molar-refractivity contribution < 1.29 is 9.53 Å². The molecule has 0 spiro atoms. The lowest BCUT2D eigenvalue weighted by atomic mass is 9.86. The average Bonchev–Trinajstić information content (AvgIpc) is 3.35. The highest BCUT2D eigenvalue weighted by Gasteiger charge is 2.33. The fourth-order valence-corrected chi connectivity index (χ4v) is 5.87. The van der Waals surface area contributed by atoms with Crippen LogP contribution in [0.25, 0.3) is 10.2 Å². The van der Waals surface area contributed by atoms with Crippen LogP contribution in [0.3, 0.4) is 0 Å². The molecule has 8 nitrogen and oxygen atoms in total. The Hall–Kier alpha value is -3.07. The predicted molar refractivity (Wildman–Crippen MR) is 119 cm³/mol. The normalized spacial score (nSPS) is 19.1.